The molecule has 1 rings (SSSR count). The largest absolute Gasteiger partial charge is 0.349 e. The maximum atomic E-state index is 11.9. The Morgan fingerprint density at radius 2 is 2.00 bits per heavy atom. The average Bonchev–Trinajstić information content (AvgIpc) is 2.56. The van der Waals surface area contributed by atoms with Crippen LogP contribution in [0.2, 0.25) is 0 Å². The highest BCUT2D eigenvalue weighted by atomic mass is 79.9. The summed E-state index contributed by atoms with van der Waals surface area (Å²) in [4.78, 5) is 12.7. The van der Waals surface area contributed by atoms with E-state index in [0.29, 0.717) is 5.92 Å². The van der Waals surface area contributed by atoms with Crippen LogP contribution in [0, 0.1) is 5.92 Å². The van der Waals surface area contributed by atoms with Gasteiger partial charge in [-0.1, -0.05) is 13.8 Å². The van der Waals surface area contributed by atoms with Crippen LogP contribution in [0.4, 0.5) is 0 Å². The highest BCUT2D eigenvalue weighted by Crippen LogP contribution is 2.32. The molecule has 1 unspecified atom stereocenters. The Morgan fingerprint density at radius 1 is 1.35 bits per heavy atom. The number of amides is 1. The van der Waals surface area contributed by atoms with E-state index in [0.717, 1.165) is 26.0 Å². The van der Waals surface area contributed by atoms with Crippen LogP contribution in [0.15, 0.2) is 14.3 Å². The summed E-state index contributed by atoms with van der Waals surface area (Å²) in [5.74, 6) is 0.692. The topological polar surface area (TPSA) is 29.1 Å². The Hall–Kier alpha value is 0.130. The smallest absolute Gasteiger partial charge is 0.261 e. The summed E-state index contributed by atoms with van der Waals surface area (Å²) >= 11 is 8.22. The molecule has 0 spiro atoms. The van der Waals surface area contributed by atoms with Crippen LogP contribution in [0.25, 0.3) is 0 Å². The van der Waals surface area contributed by atoms with Crippen LogP contribution in [0.3, 0.4) is 0 Å². The third-order valence-electron chi connectivity index (χ3n) is 2.42. The number of thiophene rings is 1. The predicted molar refractivity (Wildman–Crippen MR) is 80.7 cm³/mol. The first kappa shape index (κ1) is 15.2. The molecule has 0 aliphatic carbocycles. The van der Waals surface area contributed by atoms with Crippen molar-refractivity contribution in [1.29, 1.82) is 0 Å². The zero-order valence-electron chi connectivity index (χ0n) is 10.2. The number of carbonyl (C=O) groups is 1. The van der Waals surface area contributed by atoms with Gasteiger partial charge in [0.25, 0.3) is 5.91 Å². The minimum Gasteiger partial charge on any atom is -0.349 e. The fourth-order valence-corrected chi connectivity index (χ4v) is 3.35. The second-order valence-corrected chi connectivity index (χ2v) is 7.80. The van der Waals surface area contributed by atoms with Crippen molar-refractivity contribution in [2.75, 3.05) is 0 Å². The lowest BCUT2D eigenvalue weighted by molar-refractivity contribution is 0.0941. The van der Waals surface area contributed by atoms with Gasteiger partial charge in [0.2, 0.25) is 0 Å². The van der Waals surface area contributed by atoms with Crippen molar-refractivity contribution in [3.05, 3.63) is 19.2 Å². The monoisotopic (exact) mass is 381 g/mol. The van der Waals surface area contributed by atoms with Gasteiger partial charge >= 0.3 is 0 Å². The molecule has 0 radical (unpaired) electrons. The zero-order chi connectivity index (χ0) is 13.0. The molecular weight excluding hydrogens is 366 g/mol. The maximum Gasteiger partial charge on any atom is 0.261 e. The van der Waals surface area contributed by atoms with Gasteiger partial charge in [-0.3, -0.25) is 4.79 Å². The fourth-order valence-electron chi connectivity index (χ4n) is 1.41. The number of hydrogen-bond acceptors (Lipinski definition) is 2. The maximum absolute atomic E-state index is 11.9. The van der Waals surface area contributed by atoms with Crippen LogP contribution < -0.4 is 5.32 Å². The zero-order valence-corrected chi connectivity index (χ0v) is 14.2. The van der Waals surface area contributed by atoms with Gasteiger partial charge in [0.1, 0.15) is 0 Å². The van der Waals surface area contributed by atoms with E-state index in [1.165, 1.54) is 11.3 Å². The highest BCUT2D eigenvalue weighted by molar-refractivity contribution is 9.13. The molecule has 1 aromatic rings. The number of rotatable bonds is 5. The summed E-state index contributed by atoms with van der Waals surface area (Å²) in [5.41, 5.74) is 0. The van der Waals surface area contributed by atoms with Gasteiger partial charge in [0.15, 0.2) is 0 Å². The number of hydrogen-bond donors (Lipinski definition) is 1. The first-order valence-corrected chi connectivity index (χ1v) is 8.06. The molecule has 0 saturated carbocycles. The second-order valence-electron chi connectivity index (χ2n) is 4.58. The quantitative estimate of drug-likeness (QED) is 0.776. The van der Waals surface area contributed by atoms with Crippen LogP contribution in [-0.4, -0.2) is 11.9 Å². The lowest BCUT2D eigenvalue weighted by atomic mass is 10.0. The molecule has 1 heterocycles. The van der Waals surface area contributed by atoms with Crippen molar-refractivity contribution in [2.24, 2.45) is 5.92 Å². The van der Waals surface area contributed by atoms with Crippen molar-refractivity contribution in [3.8, 4) is 0 Å². The van der Waals surface area contributed by atoms with E-state index in [9.17, 15) is 4.79 Å². The van der Waals surface area contributed by atoms with Gasteiger partial charge in [-0.25, -0.2) is 0 Å². The third kappa shape index (κ3) is 5.10. The van der Waals surface area contributed by atoms with Crippen LogP contribution in [0.1, 0.15) is 43.3 Å². The lowest BCUT2D eigenvalue weighted by Gasteiger charge is -2.14. The molecule has 0 saturated heterocycles. The number of carbonyl (C=O) groups excluding carboxylic acids is 1. The minimum atomic E-state index is 0.0117. The SMILES string of the molecule is CC(C)CCC(C)NC(=O)c1cc(Br)c(Br)s1. The van der Waals surface area contributed by atoms with Gasteiger partial charge < -0.3 is 5.32 Å². The summed E-state index contributed by atoms with van der Waals surface area (Å²) in [7, 11) is 0. The van der Waals surface area contributed by atoms with Crippen molar-refractivity contribution < 1.29 is 4.79 Å². The fraction of sp³-hybridized carbons (Fsp3) is 0.583. The summed E-state index contributed by atoms with van der Waals surface area (Å²) in [6.45, 7) is 6.45. The molecule has 1 aromatic heterocycles. The first-order valence-electron chi connectivity index (χ1n) is 5.65. The van der Waals surface area contributed by atoms with E-state index in [1.807, 2.05) is 6.07 Å². The standard InChI is InChI=1S/C12H17Br2NOS/c1-7(2)4-5-8(3)15-12(16)10-6-9(13)11(14)17-10/h6-8H,4-5H2,1-3H3,(H,15,16). The summed E-state index contributed by atoms with van der Waals surface area (Å²) in [6, 6.07) is 2.07. The molecule has 0 aliphatic heterocycles. The van der Waals surface area contributed by atoms with Gasteiger partial charge in [-0.15, -0.1) is 11.3 Å². The van der Waals surface area contributed by atoms with Crippen LogP contribution in [-0.2, 0) is 0 Å². The van der Waals surface area contributed by atoms with Gasteiger partial charge in [0, 0.05) is 10.5 Å². The Labute approximate surface area is 123 Å². The van der Waals surface area contributed by atoms with Gasteiger partial charge in [0.05, 0.1) is 8.66 Å². The minimum absolute atomic E-state index is 0.0117. The highest BCUT2D eigenvalue weighted by Gasteiger charge is 2.14. The molecule has 17 heavy (non-hydrogen) atoms. The van der Waals surface area contributed by atoms with E-state index in [4.69, 9.17) is 0 Å². The molecule has 1 atom stereocenters. The Kier molecular flexibility index (Phi) is 6.17. The van der Waals surface area contributed by atoms with Crippen molar-refractivity contribution >= 4 is 49.1 Å². The summed E-state index contributed by atoms with van der Waals surface area (Å²) in [6.07, 6.45) is 2.16. The molecular formula is C12H17Br2NOS. The van der Waals surface area contributed by atoms with Crippen molar-refractivity contribution in [3.63, 3.8) is 0 Å². The molecule has 5 heteroatoms. The molecule has 1 N–H and O–H groups in total. The van der Waals surface area contributed by atoms with Crippen LogP contribution in [0.5, 0.6) is 0 Å². The molecule has 0 aromatic carbocycles. The van der Waals surface area contributed by atoms with Crippen LogP contribution >= 0.6 is 43.2 Å². The van der Waals surface area contributed by atoms with E-state index in [1.54, 1.807) is 0 Å². The average molecular weight is 383 g/mol. The van der Waals surface area contributed by atoms with E-state index in [2.05, 4.69) is 57.9 Å². The number of halogens is 2. The molecule has 0 bridgehead atoms. The number of nitrogens with one attached hydrogen (secondary N) is 1. The molecule has 2 nitrogen and oxygen atoms in total. The molecule has 1 amide bonds. The molecule has 0 aliphatic rings. The molecule has 96 valence electrons. The van der Waals surface area contributed by atoms with Gasteiger partial charge in [-0.05, 0) is 63.6 Å². The Bertz CT molecular complexity index is 370. The first-order chi connectivity index (χ1) is 7.90. The van der Waals surface area contributed by atoms with E-state index < -0.39 is 0 Å². The Balaban J connectivity index is 2.48. The third-order valence-corrected chi connectivity index (χ3v) is 5.68. The molecule has 0 fully saturated rings. The second kappa shape index (κ2) is 6.90. The van der Waals surface area contributed by atoms with Gasteiger partial charge in [-0.2, -0.15) is 0 Å². The summed E-state index contributed by atoms with van der Waals surface area (Å²) in [5, 5.41) is 3.02. The predicted octanol–water partition coefficient (Wildman–Crippen LogP) is 4.83. The normalized spacial score (nSPS) is 12.8. The lowest BCUT2D eigenvalue weighted by Crippen LogP contribution is -2.32. The van der Waals surface area contributed by atoms with E-state index >= 15 is 0 Å². The summed E-state index contributed by atoms with van der Waals surface area (Å²) < 4.78 is 1.89. The Morgan fingerprint density at radius 3 is 2.47 bits per heavy atom. The van der Waals surface area contributed by atoms with Crippen molar-refractivity contribution in [2.45, 2.75) is 39.7 Å². The van der Waals surface area contributed by atoms with Crippen molar-refractivity contribution in [1.82, 2.24) is 5.32 Å². The van der Waals surface area contributed by atoms with E-state index in [-0.39, 0.29) is 11.9 Å².